The molecule has 2 saturated heterocycles. The predicted octanol–water partition coefficient (Wildman–Crippen LogP) is 2.96. The van der Waals surface area contributed by atoms with Crippen LogP contribution in [0.5, 0.6) is 0 Å². The molecule has 3 heterocycles. The predicted molar refractivity (Wildman–Crippen MR) is 115 cm³/mol. The van der Waals surface area contributed by atoms with E-state index < -0.39 is 0 Å². The third-order valence-electron chi connectivity index (χ3n) is 6.98. The molecule has 160 valence electrons. The highest BCUT2D eigenvalue weighted by molar-refractivity contribution is 5.80. The van der Waals surface area contributed by atoms with E-state index >= 15 is 0 Å². The molecule has 3 aliphatic rings. The highest BCUT2D eigenvalue weighted by Gasteiger charge is 2.33. The van der Waals surface area contributed by atoms with E-state index in [1.54, 1.807) is 0 Å². The maximum atomic E-state index is 13.2. The zero-order valence-electron chi connectivity index (χ0n) is 17.8. The Morgan fingerprint density at radius 1 is 1.00 bits per heavy atom. The first-order chi connectivity index (χ1) is 14.7. The van der Waals surface area contributed by atoms with Gasteiger partial charge in [-0.15, -0.1) is 0 Å². The molecule has 1 amide bonds. The van der Waals surface area contributed by atoms with Crippen molar-refractivity contribution in [2.45, 2.75) is 45.1 Å². The molecule has 0 radical (unpaired) electrons. The fraction of sp³-hybridized carbons (Fsp3) is 0.609. The molecule has 0 spiro atoms. The molecule has 1 aliphatic carbocycles. The van der Waals surface area contributed by atoms with Gasteiger partial charge in [-0.05, 0) is 56.9 Å². The van der Waals surface area contributed by atoms with Gasteiger partial charge in [0.25, 0.3) is 5.89 Å². The van der Waals surface area contributed by atoms with E-state index in [-0.39, 0.29) is 5.92 Å². The highest BCUT2D eigenvalue weighted by Crippen LogP contribution is 2.29. The van der Waals surface area contributed by atoms with Crippen molar-refractivity contribution in [3.63, 3.8) is 0 Å². The van der Waals surface area contributed by atoms with Crippen LogP contribution in [0, 0.1) is 12.8 Å². The first-order valence-electron chi connectivity index (χ1n) is 11.4. The van der Waals surface area contributed by atoms with Gasteiger partial charge < -0.3 is 14.3 Å². The Morgan fingerprint density at radius 2 is 1.83 bits per heavy atom. The summed E-state index contributed by atoms with van der Waals surface area (Å²) in [5.74, 6) is 1.65. The summed E-state index contributed by atoms with van der Waals surface area (Å²) in [6.45, 7) is 7.55. The summed E-state index contributed by atoms with van der Waals surface area (Å²) in [5, 5.41) is 3.85. The maximum Gasteiger partial charge on any atom is 0.257 e. The molecule has 3 fully saturated rings. The summed E-state index contributed by atoms with van der Waals surface area (Å²) >= 11 is 0. The number of benzene rings is 1. The van der Waals surface area contributed by atoms with E-state index in [4.69, 9.17) is 4.52 Å². The topological polar surface area (TPSA) is 65.7 Å². The van der Waals surface area contributed by atoms with Crippen LogP contribution in [0.2, 0.25) is 0 Å². The highest BCUT2D eigenvalue weighted by atomic mass is 16.5. The van der Waals surface area contributed by atoms with E-state index in [0.29, 0.717) is 17.6 Å². The van der Waals surface area contributed by atoms with Crippen molar-refractivity contribution in [2.24, 2.45) is 5.92 Å². The van der Waals surface area contributed by atoms with Crippen LogP contribution in [-0.2, 0) is 4.79 Å². The Morgan fingerprint density at radius 3 is 2.53 bits per heavy atom. The molecular weight excluding hydrogens is 378 g/mol. The molecule has 2 aromatic rings. The zero-order chi connectivity index (χ0) is 20.5. The molecule has 1 saturated carbocycles. The largest absolute Gasteiger partial charge is 0.371 e. The van der Waals surface area contributed by atoms with Gasteiger partial charge in [0.05, 0.1) is 5.92 Å². The van der Waals surface area contributed by atoms with E-state index in [0.717, 1.165) is 69.4 Å². The first-order valence-corrected chi connectivity index (χ1v) is 11.4. The van der Waals surface area contributed by atoms with Crippen LogP contribution in [0.3, 0.4) is 0 Å². The van der Waals surface area contributed by atoms with E-state index in [9.17, 15) is 4.79 Å². The van der Waals surface area contributed by atoms with Gasteiger partial charge in [-0.3, -0.25) is 9.69 Å². The number of hydrogen-bond donors (Lipinski definition) is 0. The molecule has 2 aliphatic heterocycles. The second kappa shape index (κ2) is 8.38. The van der Waals surface area contributed by atoms with Crippen molar-refractivity contribution < 1.29 is 9.32 Å². The van der Waals surface area contributed by atoms with Crippen molar-refractivity contribution >= 4 is 11.6 Å². The number of anilines is 1. The van der Waals surface area contributed by atoms with Crippen LogP contribution in [0.15, 0.2) is 28.8 Å². The van der Waals surface area contributed by atoms with Crippen molar-refractivity contribution in [1.29, 1.82) is 0 Å². The Bertz CT molecular complexity index is 876. The van der Waals surface area contributed by atoms with Crippen molar-refractivity contribution in [3.05, 3.63) is 30.1 Å². The molecular formula is C23H31N5O2. The molecule has 30 heavy (non-hydrogen) atoms. The molecule has 0 N–H and O–H groups in total. The second-order valence-electron chi connectivity index (χ2n) is 8.92. The van der Waals surface area contributed by atoms with Crippen LogP contribution in [0.25, 0.3) is 11.5 Å². The van der Waals surface area contributed by atoms with Crippen LogP contribution in [0.4, 0.5) is 5.69 Å². The van der Waals surface area contributed by atoms with Gasteiger partial charge in [0.2, 0.25) is 5.91 Å². The van der Waals surface area contributed by atoms with Crippen molar-refractivity contribution in [1.82, 2.24) is 19.9 Å². The molecule has 7 nitrogen and oxygen atoms in total. The Hall–Kier alpha value is -2.41. The number of nitrogens with zero attached hydrogens (tertiary/aromatic N) is 5. The number of amides is 1. The minimum atomic E-state index is 0.110. The number of hydrogen-bond acceptors (Lipinski definition) is 6. The normalized spacial score (nSPS) is 23.4. The van der Waals surface area contributed by atoms with Crippen molar-refractivity contribution in [3.8, 4) is 11.5 Å². The first kappa shape index (κ1) is 19.5. The standard InChI is InChI=1S/C23H31N5O2/c1-17-24-22(30-25-17)18-6-8-21(9-7-18)28-13-10-19(16-28)23(29)27-12-3-11-26(14-15-27)20-4-2-5-20/h6-9,19-20H,2-5,10-16H2,1H3/t19-/m0/s1. The van der Waals surface area contributed by atoms with Crippen LogP contribution < -0.4 is 4.90 Å². The van der Waals surface area contributed by atoms with Crippen LogP contribution >= 0.6 is 0 Å². The molecule has 5 rings (SSSR count). The molecule has 1 atom stereocenters. The second-order valence-corrected chi connectivity index (χ2v) is 8.92. The van der Waals surface area contributed by atoms with Crippen LogP contribution in [-0.4, -0.2) is 71.2 Å². The summed E-state index contributed by atoms with van der Waals surface area (Å²) in [4.78, 5) is 24.5. The number of aromatic nitrogens is 2. The maximum absolute atomic E-state index is 13.2. The van der Waals surface area contributed by atoms with E-state index in [1.165, 1.54) is 19.3 Å². The lowest BCUT2D eigenvalue weighted by Gasteiger charge is -2.36. The summed E-state index contributed by atoms with van der Waals surface area (Å²) in [7, 11) is 0. The lowest BCUT2D eigenvalue weighted by Crippen LogP contribution is -2.43. The van der Waals surface area contributed by atoms with E-state index in [1.807, 2.05) is 19.1 Å². The van der Waals surface area contributed by atoms with Gasteiger partial charge >= 0.3 is 0 Å². The Balaban J connectivity index is 1.17. The molecule has 1 aromatic heterocycles. The molecule has 0 unspecified atom stereocenters. The summed E-state index contributed by atoms with van der Waals surface area (Å²) < 4.78 is 5.25. The number of rotatable bonds is 4. The molecule has 1 aromatic carbocycles. The lowest BCUT2D eigenvalue weighted by molar-refractivity contribution is -0.134. The Labute approximate surface area is 178 Å². The average molecular weight is 410 g/mol. The third kappa shape index (κ3) is 3.95. The quantitative estimate of drug-likeness (QED) is 0.774. The Kier molecular flexibility index (Phi) is 5.46. The van der Waals surface area contributed by atoms with Crippen LogP contribution in [0.1, 0.15) is 37.9 Å². The minimum Gasteiger partial charge on any atom is -0.371 e. The van der Waals surface area contributed by atoms with Gasteiger partial charge in [-0.1, -0.05) is 11.6 Å². The zero-order valence-corrected chi connectivity index (χ0v) is 17.8. The van der Waals surface area contributed by atoms with Crippen molar-refractivity contribution in [2.75, 3.05) is 44.2 Å². The number of carbonyl (C=O) groups is 1. The summed E-state index contributed by atoms with van der Waals surface area (Å²) in [6, 6.07) is 8.98. The third-order valence-corrected chi connectivity index (χ3v) is 6.98. The number of carbonyl (C=O) groups excluding carboxylic acids is 1. The SMILES string of the molecule is Cc1noc(-c2ccc(N3CC[C@H](C(=O)N4CCCN(C5CCC5)CC4)C3)cc2)n1. The van der Waals surface area contributed by atoms with Gasteiger partial charge in [0.1, 0.15) is 0 Å². The van der Waals surface area contributed by atoms with Gasteiger partial charge in [-0.2, -0.15) is 4.98 Å². The monoisotopic (exact) mass is 409 g/mol. The molecule has 7 heteroatoms. The van der Waals surface area contributed by atoms with Gasteiger partial charge in [-0.25, -0.2) is 0 Å². The average Bonchev–Trinajstić information content (AvgIpc) is 3.32. The lowest BCUT2D eigenvalue weighted by atomic mass is 9.91. The summed E-state index contributed by atoms with van der Waals surface area (Å²) in [5.41, 5.74) is 2.07. The summed E-state index contributed by atoms with van der Waals surface area (Å²) in [6.07, 6.45) is 6.10. The fourth-order valence-corrected chi connectivity index (χ4v) is 4.96. The number of aryl methyl sites for hydroxylation is 1. The van der Waals surface area contributed by atoms with E-state index in [2.05, 4.69) is 37.0 Å². The smallest absolute Gasteiger partial charge is 0.257 e. The fourth-order valence-electron chi connectivity index (χ4n) is 4.96. The molecule has 0 bridgehead atoms. The van der Waals surface area contributed by atoms with Gasteiger partial charge in [0, 0.05) is 56.6 Å². The minimum absolute atomic E-state index is 0.110. The van der Waals surface area contributed by atoms with Gasteiger partial charge in [0.15, 0.2) is 5.82 Å².